The highest BCUT2D eigenvalue weighted by molar-refractivity contribution is 5.98. The molecule has 184 valence electrons. The van der Waals surface area contributed by atoms with Gasteiger partial charge in [0, 0.05) is 17.3 Å². The van der Waals surface area contributed by atoms with Crippen molar-refractivity contribution in [3.8, 4) is 40.3 Å². The number of methoxy groups -OCH3 is 1. The lowest BCUT2D eigenvalue weighted by Crippen LogP contribution is -2.33. The van der Waals surface area contributed by atoms with Gasteiger partial charge in [-0.25, -0.2) is 9.50 Å². The first-order valence-corrected chi connectivity index (χ1v) is 12.0. The lowest BCUT2D eigenvalue weighted by molar-refractivity contribution is 0.0994. The van der Waals surface area contributed by atoms with Crippen LogP contribution in [-0.2, 0) is 0 Å². The molecule has 0 radical (unpaired) electrons. The number of carbonyl (C=O) groups excluding carboxylic acids is 1. The molecule has 0 bridgehead atoms. The van der Waals surface area contributed by atoms with Crippen molar-refractivity contribution in [2.45, 2.75) is 25.7 Å². The maximum Gasteiger partial charge on any atom is 0.269 e. The molecular formula is C28H29N5O3. The van der Waals surface area contributed by atoms with Crippen LogP contribution in [0.4, 0.5) is 0 Å². The summed E-state index contributed by atoms with van der Waals surface area (Å²) in [7, 11) is 1.63. The maximum atomic E-state index is 12.4. The molecule has 1 aliphatic rings. The molecule has 4 aromatic rings. The van der Waals surface area contributed by atoms with Crippen LogP contribution in [0.15, 0.2) is 54.7 Å². The van der Waals surface area contributed by atoms with E-state index in [-0.39, 0.29) is 0 Å². The highest BCUT2D eigenvalue weighted by Gasteiger charge is 2.27. The standard InChI is InChI=1S/C28H29N5O3/c1-3-4-15-32-16-13-19(14-17-32)24-18-30-33-26(27(29)34)25(31-28(24)33)20-5-7-22(8-6-20)36-23-11-9-21(35-2)10-12-23/h5-12,18-19,30H,13-17H2,1-2H3,(H2,29,34). The third kappa shape index (κ3) is 4.66. The molecule has 5 rings (SSSR count). The van der Waals surface area contributed by atoms with Gasteiger partial charge < -0.3 is 15.2 Å². The minimum absolute atomic E-state index is 0.343. The number of nitrogens with one attached hydrogen (secondary N) is 1. The van der Waals surface area contributed by atoms with Crippen molar-refractivity contribution in [3.05, 3.63) is 66.0 Å². The van der Waals surface area contributed by atoms with Gasteiger partial charge in [0.25, 0.3) is 5.91 Å². The van der Waals surface area contributed by atoms with Crippen molar-refractivity contribution >= 4 is 11.6 Å². The number of primary amides is 1. The molecule has 8 nitrogen and oxygen atoms in total. The van der Waals surface area contributed by atoms with Gasteiger partial charge in [0.2, 0.25) is 0 Å². The number of ether oxygens (including phenoxy) is 2. The zero-order chi connectivity index (χ0) is 25.1. The molecule has 0 spiro atoms. The molecule has 1 amide bonds. The lowest BCUT2D eigenvalue weighted by Gasteiger charge is -2.30. The third-order valence-electron chi connectivity index (χ3n) is 6.65. The zero-order valence-electron chi connectivity index (χ0n) is 20.5. The van der Waals surface area contributed by atoms with E-state index in [4.69, 9.17) is 20.2 Å². The maximum absolute atomic E-state index is 12.4. The highest BCUT2D eigenvalue weighted by atomic mass is 16.5. The van der Waals surface area contributed by atoms with Crippen LogP contribution in [0.2, 0.25) is 0 Å². The molecule has 2 aromatic carbocycles. The summed E-state index contributed by atoms with van der Waals surface area (Å²) in [6.07, 6.45) is 3.99. The predicted molar refractivity (Wildman–Crippen MR) is 138 cm³/mol. The van der Waals surface area contributed by atoms with E-state index in [2.05, 4.69) is 21.8 Å². The van der Waals surface area contributed by atoms with E-state index in [1.165, 1.54) is 0 Å². The average Bonchev–Trinajstić information content (AvgIpc) is 3.48. The van der Waals surface area contributed by atoms with E-state index in [1.54, 1.807) is 11.6 Å². The van der Waals surface area contributed by atoms with Gasteiger partial charge >= 0.3 is 0 Å². The fourth-order valence-electron chi connectivity index (χ4n) is 4.72. The van der Waals surface area contributed by atoms with E-state index in [1.807, 2.05) is 61.7 Å². The average molecular weight is 484 g/mol. The number of hydrogen-bond donors (Lipinski definition) is 2. The molecule has 1 fully saturated rings. The van der Waals surface area contributed by atoms with Crippen LogP contribution in [-0.4, -0.2) is 52.1 Å². The monoisotopic (exact) mass is 483 g/mol. The Morgan fingerprint density at radius 2 is 1.72 bits per heavy atom. The molecule has 1 aliphatic heterocycles. The molecule has 1 saturated heterocycles. The van der Waals surface area contributed by atoms with Crippen LogP contribution in [0, 0.1) is 11.8 Å². The van der Waals surface area contributed by atoms with E-state index in [0.717, 1.165) is 55.0 Å². The van der Waals surface area contributed by atoms with Crippen molar-refractivity contribution < 1.29 is 14.3 Å². The number of rotatable bonds is 7. The summed E-state index contributed by atoms with van der Waals surface area (Å²) in [5.41, 5.74) is 9.36. The first-order valence-electron chi connectivity index (χ1n) is 12.0. The van der Waals surface area contributed by atoms with Crippen LogP contribution in [0.25, 0.3) is 16.9 Å². The lowest BCUT2D eigenvalue weighted by atomic mass is 9.91. The molecule has 0 aliphatic carbocycles. The molecule has 36 heavy (non-hydrogen) atoms. The van der Waals surface area contributed by atoms with E-state index >= 15 is 0 Å². The molecule has 3 heterocycles. The number of benzene rings is 2. The Morgan fingerprint density at radius 1 is 1.08 bits per heavy atom. The number of imidazole rings is 1. The Bertz CT molecular complexity index is 1420. The summed E-state index contributed by atoms with van der Waals surface area (Å²) in [6, 6.07) is 14.9. The summed E-state index contributed by atoms with van der Waals surface area (Å²) >= 11 is 0. The fourth-order valence-corrected chi connectivity index (χ4v) is 4.72. The largest absolute Gasteiger partial charge is 0.497 e. The number of hydrogen-bond acceptors (Lipinski definition) is 5. The summed E-state index contributed by atoms with van der Waals surface area (Å²) in [6.45, 7) is 4.66. The van der Waals surface area contributed by atoms with Crippen LogP contribution in [0.1, 0.15) is 41.7 Å². The number of nitrogens with zero attached hydrogens (tertiary/aromatic N) is 3. The summed E-state index contributed by atoms with van der Waals surface area (Å²) in [5, 5.41) is 3.21. The Balaban J connectivity index is 1.39. The number of amides is 1. The highest BCUT2D eigenvalue weighted by Crippen LogP contribution is 2.34. The van der Waals surface area contributed by atoms with Gasteiger partial charge in [0.15, 0.2) is 11.3 Å². The predicted octanol–water partition coefficient (Wildman–Crippen LogP) is 4.43. The van der Waals surface area contributed by atoms with Crippen molar-refractivity contribution in [1.82, 2.24) is 19.5 Å². The quantitative estimate of drug-likeness (QED) is 0.379. The number of piperidine rings is 1. The van der Waals surface area contributed by atoms with Gasteiger partial charge in [-0.2, -0.15) is 0 Å². The second kappa shape index (κ2) is 10.2. The van der Waals surface area contributed by atoms with Crippen molar-refractivity contribution in [3.63, 3.8) is 0 Å². The number of aromatic amines is 1. The van der Waals surface area contributed by atoms with Gasteiger partial charge in [-0.3, -0.25) is 14.8 Å². The van der Waals surface area contributed by atoms with Gasteiger partial charge in [-0.15, -0.1) is 5.92 Å². The van der Waals surface area contributed by atoms with Crippen LogP contribution >= 0.6 is 0 Å². The molecular weight excluding hydrogens is 454 g/mol. The number of carbonyl (C=O) groups is 1. The minimum Gasteiger partial charge on any atom is -0.497 e. The third-order valence-corrected chi connectivity index (χ3v) is 6.65. The molecule has 0 unspecified atom stereocenters. The zero-order valence-corrected chi connectivity index (χ0v) is 20.5. The van der Waals surface area contributed by atoms with E-state index in [9.17, 15) is 4.79 Å². The van der Waals surface area contributed by atoms with Gasteiger partial charge in [-0.1, -0.05) is 5.92 Å². The van der Waals surface area contributed by atoms with Gasteiger partial charge in [0.1, 0.15) is 22.9 Å². The van der Waals surface area contributed by atoms with Crippen LogP contribution in [0.3, 0.4) is 0 Å². The Morgan fingerprint density at radius 3 is 2.33 bits per heavy atom. The van der Waals surface area contributed by atoms with Crippen LogP contribution < -0.4 is 15.2 Å². The van der Waals surface area contributed by atoms with E-state index in [0.29, 0.717) is 28.8 Å². The first kappa shape index (κ1) is 23.5. The number of H-pyrrole nitrogens is 1. The molecule has 3 N–H and O–H groups in total. The molecule has 0 atom stereocenters. The summed E-state index contributed by atoms with van der Waals surface area (Å²) in [5.74, 6) is 8.09. The minimum atomic E-state index is -0.530. The van der Waals surface area contributed by atoms with Crippen LogP contribution in [0.5, 0.6) is 17.2 Å². The smallest absolute Gasteiger partial charge is 0.269 e. The van der Waals surface area contributed by atoms with Crippen molar-refractivity contribution in [2.24, 2.45) is 5.73 Å². The van der Waals surface area contributed by atoms with Gasteiger partial charge in [0.05, 0.1) is 13.7 Å². The number of nitrogens with two attached hydrogens (primary N) is 1. The fraction of sp³-hybridized carbons (Fsp3) is 0.286. The summed E-state index contributed by atoms with van der Waals surface area (Å²) < 4.78 is 12.8. The van der Waals surface area contributed by atoms with Crippen molar-refractivity contribution in [2.75, 3.05) is 26.7 Å². The van der Waals surface area contributed by atoms with Crippen molar-refractivity contribution in [1.29, 1.82) is 0 Å². The number of likely N-dealkylation sites (tertiary alicyclic amines) is 1. The Labute approximate surface area is 210 Å². The second-order valence-corrected chi connectivity index (χ2v) is 8.84. The summed E-state index contributed by atoms with van der Waals surface area (Å²) in [4.78, 5) is 19.7. The topological polar surface area (TPSA) is 97.9 Å². The number of fused-ring (bicyclic) bond motifs is 1. The normalized spacial score (nSPS) is 14.4. The molecule has 2 aromatic heterocycles. The van der Waals surface area contributed by atoms with E-state index < -0.39 is 5.91 Å². The molecule has 8 heteroatoms. The SMILES string of the molecule is CC#CCN1CCC(c2c[nH]n3c(C(N)=O)c(-c4ccc(Oc5ccc(OC)cc5)cc4)nc23)CC1. The molecule has 0 saturated carbocycles. The number of aromatic nitrogens is 3. The Kier molecular flexibility index (Phi) is 6.65. The van der Waals surface area contributed by atoms with Gasteiger partial charge in [-0.05, 0) is 87.3 Å². The Hall–Kier alpha value is -4.22. The second-order valence-electron chi connectivity index (χ2n) is 8.84. The first-order chi connectivity index (χ1) is 17.6.